The third-order valence-corrected chi connectivity index (χ3v) is 9.94. The van der Waals surface area contributed by atoms with Gasteiger partial charge in [-0.2, -0.15) is 0 Å². The second kappa shape index (κ2) is 23.5. The van der Waals surface area contributed by atoms with Crippen molar-refractivity contribution in [1.82, 2.24) is 0 Å². The lowest BCUT2D eigenvalue weighted by Crippen LogP contribution is -2.57. The lowest BCUT2D eigenvalue weighted by atomic mass is 9.55. The highest BCUT2D eigenvalue weighted by atomic mass is 16.3. The summed E-state index contributed by atoms with van der Waals surface area (Å²) in [6.07, 6.45) is 30.4. The highest BCUT2D eigenvalue weighted by Gasteiger charge is 2.53. The van der Waals surface area contributed by atoms with E-state index in [0.29, 0.717) is 12.8 Å². The summed E-state index contributed by atoms with van der Waals surface area (Å²) in [5.74, 6) is -0.344. The number of aliphatic hydroxyl groups is 5. The molecule has 228 valence electrons. The van der Waals surface area contributed by atoms with Crippen LogP contribution in [-0.4, -0.2) is 58.6 Å². The Morgan fingerprint density at radius 2 is 0.658 bits per heavy atom. The molecule has 0 aromatic heterocycles. The first-order chi connectivity index (χ1) is 18.7. The molecule has 0 radical (unpaired) electrons. The zero-order valence-electron chi connectivity index (χ0n) is 25.0. The first-order valence-corrected chi connectivity index (χ1v) is 16.7. The monoisotopic (exact) mass is 542 g/mol. The molecule has 0 bridgehead atoms. The Bertz CT molecular complexity index is 504. The molecule has 0 saturated heterocycles. The standard InChI is InChI=1S/C33H66O5/c34-26-31-24-22-20-18-16-14-12-10-8-6-4-2-1-3-5-7-9-11-13-15-17-19-21-23-25-32(27-35,28-36)33(31,29-37)30-38/h31,34-38H,1-30H2. The molecule has 0 aliphatic heterocycles. The lowest BCUT2D eigenvalue weighted by molar-refractivity contribution is -0.159. The van der Waals surface area contributed by atoms with Crippen LogP contribution >= 0.6 is 0 Å². The van der Waals surface area contributed by atoms with Crippen LogP contribution in [0, 0.1) is 16.7 Å². The maximum Gasteiger partial charge on any atom is 0.0520 e. The van der Waals surface area contributed by atoms with E-state index in [1.165, 1.54) is 116 Å². The molecule has 1 aliphatic rings. The first-order valence-electron chi connectivity index (χ1n) is 16.7. The van der Waals surface area contributed by atoms with Gasteiger partial charge in [0.15, 0.2) is 0 Å². The predicted octanol–water partition coefficient (Wildman–Crippen LogP) is 7.30. The van der Waals surface area contributed by atoms with Gasteiger partial charge in [-0.05, 0) is 18.8 Å². The molecule has 1 fully saturated rings. The minimum atomic E-state index is -1.09. The third kappa shape index (κ3) is 13.0. The van der Waals surface area contributed by atoms with Crippen LogP contribution in [0.1, 0.15) is 161 Å². The average Bonchev–Trinajstić information content (AvgIpc) is 2.94. The van der Waals surface area contributed by atoms with Gasteiger partial charge in [0.1, 0.15) is 0 Å². The van der Waals surface area contributed by atoms with Crippen LogP contribution in [0.15, 0.2) is 0 Å². The van der Waals surface area contributed by atoms with Crippen LogP contribution in [0.5, 0.6) is 0 Å². The molecule has 0 aromatic carbocycles. The van der Waals surface area contributed by atoms with E-state index in [1.54, 1.807) is 0 Å². The smallest absolute Gasteiger partial charge is 0.0520 e. The number of hydrogen-bond donors (Lipinski definition) is 5. The van der Waals surface area contributed by atoms with Gasteiger partial charge in [0.25, 0.3) is 0 Å². The molecule has 1 saturated carbocycles. The van der Waals surface area contributed by atoms with Gasteiger partial charge < -0.3 is 25.5 Å². The van der Waals surface area contributed by atoms with E-state index in [4.69, 9.17) is 0 Å². The molecule has 38 heavy (non-hydrogen) atoms. The third-order valence-electron chi connectivity index (χ3n) is 9.94. The highest BCUT2D eigenvalue weighted by molar-refractivity contribution is 5.01. The molecule has 1 atom stereocenters. The van der Waals surface area contributed by atoms with Crippen LogP contribution in [0.3, 0.4) is 0 Å². The summed E-state index contributed by atoms with van der Waals surface area (Å²) in [4.78, 5) is 0. The van der Waals surface area contributed by atoms with E-state index in [2.05, 4.69) is 0 Å². The molecule has 0 aromatic rings. The Morgan fingerprint density at radius 3 is 0.921 bits per heavy atom. The van der Waals surface area contributed by atoms with E-state index in [9.17, 15) is 25.5 Å². The normalized spacial score (nSPS) is 25.7. The zero-order chi connectivity index (χ0) is 27.8. The van der Waals surface area contributed by atoms with Crippen LogP contribution in [0.4, 0.5) is 0 Å². The maximum atomic E-state index is 10.5. The van der Waals surface area contributed by atoms with Crippen LogP contribution in [-0.2, 0) is 0 Å². The summed E-state index contributed by atoms with van der Waals surface area (Å²) in [7, 11) is 0. The average molecular weight is 543 g/mol. The topological polar surface area (TPSA) is 101 Å². The molecule has 1 aliphatic carbocycles. The Kier molecular flexibility index (Phi) is 22.2. The van der Waals surface area contributed by atoms with Crippen molar-refractivity contribution in [2.75, 3.05) is 33.0 Å². The summed E-state index contributed by atoms with van der Waals surface area (Å²) in [6, 6.07) is 0. The molecular formula is C33H66O5. The summed E-state index contributed by atoms with van der Waals surface area (Å²) < 4.78 is 0. The minimum absolute atomic E-state index is 0.150. The van der Waals surface area contributed by atoms with Gasteiger partial charge in [-0.3, -0.25) is 0 Å². The molecule has 0 spiro atoms. The molecule has 0 amide bonds. The lowest BCUT2D eigenvalue weighted by Gasteiger charge is -2.51. The molecule has 1 unspecified atom stereocenters. The Morgan fingerprint density at radius 1 is 0.368 bits per heavy atom. The van der Waals surface area contributed by atoms with Crippen LogP contribution in [0.2, 0.25) is 0 Å². The number of rotatable bonds is 5. The van der Waals surface area contributed by atoms with Gasteiger partial charge in [-0.25, -0.2) is 0 Å². The first kappa shape index (κ1) is 35.8. The SMILES string of the molecule is OCC1CCCCCCCCCCCCCCCCCCCCCCCCCC(CO)(CO)C1(CO)CO. The molecule has 5 heteroatoms. The summed E-state index contributed by atoms with van der Waals surface area (Å²) in [5.41, 5.74) is -2.08. The highest BCUT2D eigenvalue weighted by Crippen LogP contribution is 2.49. The van der Waals surface area contributed by atoms with Crippen molar-refractivity contribution in [3.8, 4) is 0 Å². The largest absolute Gasteiger partial charge is 0.396 e. The predicted molar refractivity (Wildman–Crippen MR) is 159 cm³/mol. The van der Waals surface area contributed by atoms with Crippen molar-refractivity contribution in [3.63, 3.8) is 0 Å². The van der Waals surface area contributed by atoms with Gasteiger partial charge in [-0.15, -0.1) is 0 Å². The van der Waals surface area contributed by atoms with Gasteiger partial charge in [0.2, 0.25) is 0 Å². The Balaban J connectivity index is 2.69. The van der Waals surface area contributed by atoms with Crippen molar-refractivity contribution in [1.29, 1.82) is 0 Å². The summed E-state index contributed by atoms with van der Waals surface area (Å²) in [6.45, 7) is -1.41. The maximum absolute atomic E-state index is 10.5. The number of aliphatic hydroxyl groups excluding tert-OH is 5. The van der Waals surface area contributed by atoms with E-state index in [0.717, 1.165) is 32.1 Å². The van der Waals surface area contributed by atoms with Gasteiger partial charge >= 0.3 is 0 Å². The van der Waals surface area contributed by atoms with Crippen LogP contribution < -0.4 is 0 Å². The summed E-state index contributed by atoms with van der Waals surface area (Å²) in [5, 5.41) is 52.3. The number of hydrogen-bond acceptors (Lipinski definition) is 5. The molecule has 5 N–H and O–H groups in total. The second-order valence-electron chi connectivity index (χ2n) is 12.6. The fraction of sp³-hybridized carbons (Fsp3) is 1.00. The fourth-order valence-corrected chi connectivity index (χ4v) is 6.96. The van der Waals surface area contributed by atoms with Crippen molar-refractivity contribution in [2.24, 2.45) is 16.7 Å². The quantitative estimate of drug-likeness (QED) is 0.251. The van der Waals surface area contributed by atoms with Crippen LogP contribution in [0.25, 0.3) is 0 Å². The molecule has 1 rings (SSSR count). The molecular weight excluding hydrogens is 476 g/mol. The zero-order valence-corrected chi connectivity index (χ0v) is 25.0. The van der Waals surface area contributed by atoms with Gasteiger partial charge in [0.05, 0.1) is 26.4 Å². The summed E-state index contributed by atoms with van der Waals surface area (Å²) >= 11 is 0. The van der Waals surface area contributed by atoms with Gasteiger partial charge in [-0.1, -0.05) is 148 Å². The van der Waals surface area contributed by atoms with E-state index >= 15 is 0 Å². The van der Waals surface area contributed by atoms with E-state index < -0.39 is 10.8 Å². The van der Waals surface area contributed by atoms with E-state index in [-0.39, 0.29) is 39.0 Å². The minimum Gasteiger partial charge on any atom is -0.396 e. The van der Waals surface area contributed by atoms with Crippen molar-refractivity contribution >= 4 is 0 Å². The van der Waals surface area contributed by atoms with Gasteiger partial charge in [0, 0.05) is 17.4 Å². The Hall–Kier alpha value is -0.200. The van der Waals surface area contributed by atoms with Crippen molar-refractivity contribution in [2.45, 2.75) is 161 Å². The van der Waals surface area contributed by atoms with Crippen molar-refractivity contribution < 1.29 is 25.5 Å². The second-order valence-corrected chi connectivity index (χ2v) is 12.6. The molecule has 0 heterocycles. The molecule has 5 nitrogen and oxygen atoms in total. The fourth-order valence-electron chi connectivity index (χ4n) is 6.96. The Labute approximate surface area is 235 Å². The van der Waals surface area contributed by atoms with E-state index in [1.807, 2.05) is 0 Å². The van der Waals surface area contributed by atoms with Crippen molar-refractivity contribution in [3.05, 3.63) is 0 Å².